The number of aromatic nitrogens is 1. The minimum Gasteiger partial charge on any atom is -0.397 e. The lowest BCUT2D eigenvalue weighted by Gasteiger charge is -2.07. The average Bonchev–Trinajstić information content (AvgIpc) is 2.26. The molecule has 0 saturated heterocycles. The lowest BCUT2D eigenvalue weighted by Crippen LogP contribution is -2.00. The van der Waals surface area contributed by atoms with E-state index < -0.39 is 11.6 Å². The van der Waals surface area contributed by atoms with Crippen molar-refractivity contribution in [1.82, 2.24) is 4.98 Å². The molecule has 5 heteroatoms. The van der Waals surface area contributed by atoms with Gasteiger partial charge in [0.15, 0.2) is 0 Å². The van der Waals surface area contributed by atoms with Crippen molar-refractivity contribution in [3.8, 4) is 6.07 Å². The van der Waals surface area contributed by atoms with Crippen LogP contribution in [-0.2, 0) is 0 Å². The van der Waals surface area contributed by atoms with E-state index >= 15 is 0 Å². The third-order valence-corrected chi connectivity index (χ3v) is 2.37. The van der Waals surface area contributed by atoms with Gasteiger partial charge in [-0.2, -0.15) is 5.26 Å². The van der Waals surface area contributed by atoms with Crippen LogP contribution in [-0.4, -0.2) is 4.98 Å². The van der Waals surface area contributed by atoms with Crippen LogP contribution in [0.3, 0.4) is 0 Å². The summed E-state index contributed by atoms with van der Waals surface area (Å²) in [5.41, 5.74) is 5.54. The summed E-state index contributed by atoms with van der Waals surface area (Å²) in [6.07, 6.45) is 1.13. The van der Waals surface area contributed by atoms with Gasteiger partial charge in [-0.3, -0.25) is 4.98 Å². The van der Waals surface area contributed by atoms with E-state index in [1.807, 2.05) is 0 Å². The zero-order valence-electron chi connectivity index (χ0n) is 8.38. The molecule has 0 unspecified atom stereocenters. The van der Waals surface area contributed by atoms with Crippen molar-refractivity contribution in [2.45, 2.75) is 6.92 Å². The van der Waals surface area contributed by atoms with E-state index in [2.05, 4.69) is 4.98 Å². The average molecular weight is 219 g/mol. The van der Waals surface area contributed by atoms with E-state index in [0.29, 0.717) is 0 Å². The molecule has 0 amide bonds. The molecule has 1 heterocycles. The van der Waals surface area contributed by atoms with Crippen LogP contribution in [0.15, 0.2) is 12.3 Å². The lowest BCUT2D eigenvalue weighted by atomic mass is 10.1. The maximum Gasteiger partial charge on any atom is 0.149 e. The molecule has 0 aliphatic carbocycles. The molecule has 0 atom stereocenters. The SMILES string of the molecule is Cc1cc(F)c2ncc(C#N)c(N)c2c1F. The monoisotopic (exact) mass is 219 g/mol. The smallest absolute Gasteiger partial charge is 0.149 e. The van der Waals surface area contributed by atoms with Crippen molar-refractivity contribution in [3.63, 3.8) is 0 Å². The second kappa shape index (κ2) is 3.42. The Bertz CT molecular complexity index is 629. The molecule has 0 aliphatic heterocycles. The summed E-state index contributed by atoms with van der Waals surface area (Å²) in [5, 5.41) is 8.59. The van der Waals surface area contributed by atoms with Gasteiger partial charge < -0.3 is 5.73 Å². The number of pyridine rings is 1. The molecule has 1 aromatic heterocycles. The van der Waals surface area contributed by atoms with Gasteiger partial charge >= 0.3 is 0 Å². The number of nitrogens with two attached hydrogens (primary N) is 1. The van der Waals surface area contributed by atoms with Crippen molar-refractivity contribution >= 4 is 16.6 Å². The molecule has 16 heavy (non-hydrogen) atoms. The number of halogens is 2. The molecule has 2 rings (SSSR count). The summed E-state index contributed by atoms with van der Waals surface area (Å²) < 4.78 is 27.2. The van der Waals surface area contributed by atoms with E-state index in [4.69, 9.17) is 11.0 Å². The van der Waals surface area contributed by atoms with E-state index in [1.165, 1.54) is 6.92 Å². The summed E-state index contributed by atoms with van der Waals surface area (Å²) in [4.78, 5) is 3.70. The van der Waals surface area contributed by atoms with Crippen molar-refractivity contribution in [2.24, 2.45) is 0 Å². The maximum absolute atomic E-state index is 13.8. The minimum absolute atomic E-state index is 0.0383. The second-order valence-corrected chi connectivity index (χ2v) is 3.41. The molecular formula is C11H7F2N3. The van der Waals surface area contributed by atoms with Gasteiger partial charge in [0, 0.05) is 6.20 Å². The van der Waals surface area contributed by atoms with Crippen molar-refractivity contribution < 1.29 is 8.78 Å². The van der Waals surface area contributed by atoms with Gasteiger partial charge in [0.05, 0.1) is 16.6 Å². The van der Waals surface area contributed by atoms with Crippen LogP contribution in [0.2, 0.25) is 0 Å². The molecule has 0 spiro atoms. The molecule has 0 radical (unpaired) electrons. The zero-order valence-corrected chi connectivity index (χ0v) is 8.38. The fourth-order valence-electron chi connectivity index (χ4n) is 1.54. The number of aryl methyl sites for hydroxylation is 1. The number of nitriles is 1. The fraction of sp³-hybridized carbons (Fsp3) is 0.0909. The van der Waals surface area contributed by atoms with Crippen LogP contribution in [0.5, 0.6) is 0 Å². The molecule has 1 aromatic carbocycles. The molecule has 0 saturated carbocycles. The molecule has 3 nitrogen and oxygen atoms in total. The summed E-state index contributed by atoms with van der Waals surface area (Å²) in [5.74, 6) is -1.29. The summed E-state index contributed by atoms with van der Waals surface area (Å²) in [6, 6.07) is 2.83. The van der Waals surface area contributed by atoms with Crippen molar-refractivity contribution in [3.05, 3.63) is 35.0 Å². The highest BCUT2D eigenvalue weighted by Crippen LogP contribution is 2.29. The van der Waals surface area contributed by atoms with Crippen LogP contribution in [0, 0.1) is 29.9 Å². The van der Waals surface area contributed by atoms with E-state index in [9.17, 15) is 8.78 Å². The molecule has 80 valence electrons. The quantitative estimate of drug-likeness (QED) is 0.739. The van der Waals surface area contributed by atoms with Gasteiger partial charge in [-0.05, 0) is 18.6 Å². The Morgan fingerprint density at radius 3 is 2.75 bits per heavy atom. The minimum atomic E-state index is -0.648. The first-order valence-electron chi connectivity index (χ1n) is 4.49. The molecule has 0 fully saturated rings. The number of hydrogen-bond donors (Lipinski definition) is 1. The number of benzene rings is 1. The Labute approximate surface area is 90.1 Å². The second-order valence-electron chi connectivity index (χ2n) is 3.41. The standard InChI is InChI=1S/C11H7F2N3/c1-5-2-7(12)11-8(9(5)13)10(15)6(3-14)4-16-11/h2,4H,1H3,(H2,15,16). The number of nitrogens with zero attached hydrogens (tertiary/aromatic N) is 2. The lowest BCUT2D eigenvalue weighted by molar-refractivity contribution is 0.608. The summed E-state index contributed by atoms with van der Waals surface area (Å²) in [7, 11) is 0. The Kier molecular flexibility index (Phi) is 2.20. The number of nitrogen functional groups attached to an aromatic ring is 1. The number of fused-ring (bicyclic) bond motifs is 1. The highest BCUT2D eigenvalue weighted by molar-refractivity contribution is 5.94. The van der Waals surface area contributed by atoms with E-state index in [1.54, 1.807) is 6.07 Å². The highest BCUT2D eigenvalue weighted by Gasteiger charge is 2.15. The van der Waals surface area contributed by atoms with Crippen LogP contribution in [0.4, 0.5) is 14.5 Å². The molecule has 0 bridgehead atoms. The molecular weight excluding hydrogens is 212 g/mol. The number of hydrogen-bond acceptors (Lipinski definition) is 3. The van der Waals surface area contributed by atoms with Crippen LogP contribution >= 0.6 is 0 Å². The summed E-state index contributed by atoms with van der Waals surface area (Å²) >= 11 is 0. The highest BCUT2D eigenvalue weighted by atomic mass is 19.1. The maximum atomic E-state index is 13.8. The topological polar surface area (TPSA) is 62.7 Å². The molecule has 2 N–H and O–H groups in total. The third kappa shape index (κ3) is 1.27. The molecule has 0 aliphatic rings. The van der Waals surface area contributed by atoms with Crippen LogP contribution < -0.4 is 5.73 Å². The van der Waals surface area contributed by atoms with E-state index in [0.717, 1.165) is 12.3 Å². The first-order valence-corrected chi connectivity index (χ1v) is 4.49. The third-order valence-electron chi connectivity index (χ3n) is 2.37. The first kappa shape index (κ1) is 10.3. The van der Waals surface area contributed by atoms with Crippen molar-refractivity contribution in [1.29, 1.82) is 5.26 Å². The van der Waals surface area contributed by atoms with Gasteiger partial charge in [-0.25, -0.2) is 8.78 Å². The van der Waals surface area contributed by atoms with Crippen LogP contribution in [0.1, 0.15) is 11.1 Å². The number of rotatable bonds is 0. The predicted octanol–water partition coefficient (Wildman–Crippen LogP) is 2.28. The predicted molar refractivity (Wildman–Crippen MR) is 55.5 cm³/mol. The van der Waals surface area contributed by atoms with E-state index in [-0.39, 0.29) is 27.7 Å². The zero-order chi connectivity index (χ0) is 11.9. The Hall–Kier alpha value is -2.22. The van der Waals surface area contributed by atoms with Gasteiger partial charge in [-0.1, -0.05) is 0 Å². The van der Waals surface area contributed by atoms with Gasteiger partial charge in [0.1, 0.15) is 23.2 Å². The normalized spacial score (nSPS) is 10.4. The largest absolute Gasteiger partial charge is 0.397 e. The van der Waals surface area contributed by atoms with Gasteiger partial charge in [0.2, 0.25) is 0 Å². The summed E-state index contributed by atoms with van der Waals surface area (Å²) in [6.45, 7) is 1.43. The van der Waals surface area contributed by atoms with Gasteiger partial charge in [-0.15, -0.1) is 0 Å². The van der Waals surface area contributed by atoms with Gasteiger partial charge in [0.25, 0.3) is 0 Å². The Morgan fingerprint density at radius 2 is 2.12 bits per heavy atom. The van der Waals surface area contributed by atoms with Crippen molar-refractivity contribution in [2.75, 3.05) is 5.73 Å². The van der Waals surface area contributed by atoms with Crippen LogP contribution in [0.25, 0.3) is 10.9 Å². The number of anilines is 1. The Morgan fingerprint density at radius 1 is 1.44 bits per heavy atom. The molecule has 2 aromatic rings. The Balaban J connectivity index is 3.04. The first-order chi connectivity index (χ1) is 7.56. The fourth-order valence-corrected chi connectivity index (χ4v) is 1.54.